The van der Waals surface area contributed by atoms with E-state index in [2.05, 4.69) is 21.2 Å². The summed E-state index contributed by atoms with van der Waals surface area (Å²) in [7, 11) is 0. The standard InChI is InChI=1S/C13H13BrCl2N2O2/c1-6(2)18-10(19)5-9(13(18)20)17-8-4-3-7(14)11(15)12(8)16/h3-4,6,9,17H,5H2,1-2H3. The number of amides is 2. The molecule has 1 fully saturated rings. The van der Waals surface area contributed by atoms with E-state index >= 15 is 0 Å². The van der Waals surface area contributed by atoms with E-state index in [0.29, 0.717) is 20.2 Å². The molecule has 1 aliphatic heterocycles. The van der Waals surface area contributed by atoms with Gasteiger partial charge in [0, 0.05) is 10.5 Å². The van der Waals surface area contributed by atoms with E-state index in [4.69, 9.17) is 23.2 Å². The second-order valence-corrected chi connectivity index (χ2v) is 6.43. The van der Waals surface area contributed by atoms with Crippen molar-refractivity contribution in [2.45, 2.75) is 32.4 Å². The highest BCUT2D eigenvalue weighted by Crippen LogP contribution is 2.36. The molecule has 7 heteroatoms. The van der Waals surface area contributed by atoms with E-state index in [1.807, 2.05) is 13.8 Å². The van der Waals surface area contributed by atoms with Crippen LogP contribution in [0, 0.1) is 0 Å². The lowest BCUT2D eigenvalue weighted by atomic mass is 10.2. The fraction of sp³-hybridized carbons (Fsp3) is 0.385. The zero-order chi connectivity index (χ0) is 15.0. The zero-order valence-corrected chi connectivity index (χ0v) is 14.0. The summed E-state index contributed by atoms with van der Waals surface area (Å²) in [5, 5.41) is 3.69. The summed E-state index contributed by atoms with van der Waals surface area (Å²) in [6.45, 7) is 3.61. The van der Waals surface area contributed by atoms with Gasteiger partial charge < -0.3 is 5.32 Å². The van der Waals surface area contributed by atoms with Crippen molar-refractivity contribution in [1.82, 2.24) is 4.90 Å². The number of likely N-dealkylation sites (tertiary alicyclic amines) is 1. The van der Waals surface area contributed by atoms with E-state index < -0.39 is 6.04 Å². The quantitative estimate of drug-likeness (QED) is 0.643. The maximum atomic E-state index is 12.2. The van der Waals surface area contributed by atoms with Crippen molar-refractivity contribution in [2.24, 2.45) is 0 Å². The third kappa shape index (κ3) is 2.80. The number of imide groups is 1. The van der Waals surface area contributed by atoms with Crippen LogP contribution in [-0.4, -0.2) is 28.8 Å². The molecule has 0 bridgehead atoms. The van der Waals surface area contributed by atoms with Crippen LogP contribution in [0.15, 0.2) is 16.6 Å². The third-order valence-electron chi connectivity index (χ3n) is 3.06. The maximum Gasteiger partial charge on any atom is 0.252 e. The average molecular weight is 380 g/mol. The lowest BCUT2D eigenvalue weighted by molar-refractivity contribution is -0.140. The summed E-state index contributed by atoms with van der Waals surface area (Å²) in [5.41, 5.74) is 0.539. The summed E-state index contributed by atoms with van der Waals surface area (Å²) >= 11 is 15.4. The minimum absolute atomic E-state index is 0.126. The molecular weight excluding hydrogens is 367 g/mol. The number of nitrogens with zero attached hydrogens (tertiary/aromatic N) is 1. The number of carbonyl (C=O) groups excluding carboxylic acids is 2. The Kier molecular flexibility index (Phi) is 4.62. The summed E-state index contributed by atoms with van der Waals surface area (Å²) in [5.74, 6) is -0.415. The molecule has 1 aliphatic rings. The van der Waals surface area contributed by atoms with Crippen LogP contribution in [0.3, 0.4) is 0 Å². The van der Waals surface area contributed by atoms with Crippen LogP contribution < -0.4 is 5.32 Å². The van der Waals surface area contributed by atoms with E-state index in [-0.39, 0.29) is 24.3 Å². The van der Waals surface area contributed by atoms with Gasteiger partial charge in [0.15, 0.2) is 0 Å². The van der Waals surface area contributed by atoms with E-state index in [1.165, 1.54) is 4.90 Å². The number of anilines is 1. The first-order valence-electron chi connectivity index (χ1n) is 6.09. The van der Waals surface area contributed by atoms with E-state index in [9.17, 15) is 9.59 Å². The molecule has 1 saturated heterocycles. The monoisotopic (exact) mass is 378 g/mol. The van der Waals surface area contributed by atoms with Gasteiger partial charge in [-0.05, 0) is 41.9 Å². The van der Waals surface area contributed by atoms with Gasteiger partial charge in [0.2, 0.25) is 5.91 Å². The number of hydrogen-bond acceptors (Lipinski definition) is 3. The molecule has 0 aliphatic carbocycles. The summed E-state index contributed by atoms with van der Waals surface area (Å²) in [6.07, 6.45) is 0.126. The topological polar surface area (TPSA) is 49.4 Å². The molecule has 1 unspecified atom stereocenters. The molecule has 1 aromatic rings. The number of carbonyl (C=O) groups is 2. The third-order valence-corrected chi connectivity index (χ3v) is 4.84. The molecule has 0 aromatic heterocycles. The molecule has 0 spiro atoms. The van der Waals surface area contributed by atoms with Crippen molar-refractivity contribution in [1.29, 1.82) is 0 Å². The number of halogens is 3. The first-order chi connectivity index (χ1) is 9.32. The SMILES string of the molecule is CC(C)N1C(=O)CC(Nc2ccc(Br)c(Cl)c2Cl)C1=O. The fourth-order valence-electron chi connectivity index (χ4n) is 2.13. The van der Waals surface area contributed by atoms with Crippen LogP contribution in [0.1, 0.15) is 20.3 Å². The highest BCUT2D eigenvalue weighted by molar-refractivity contribution is 9.10. The first-order valence-corrected chi connectivity index (χ1v) is 7.63. The van der Waals surface area contributed by atoms with Crippen molar-refractivity contribution in [3.63, 3.8) is 0 Å². The van der Waals surface area contributed by atoms with Crippen molar-refractivity contribution in [3.05, 3.63) is 26.7 Å². The van der Waals surface area contributed by atoms with Crippen LogP contribution >= 0.6 is 39.1 Å². The molecule has 108 valence electrons. The normalized spacial score (nSPS) is 19.1. The highest BCUT2D eigenvalue weighted by Gasteiger charge is 2.40. The van der Waals surface area contributed by atoms with Crippen molar-refractivity contribution >= 4 is 56.6 Å². The minimum Gasteiger partial charge on any atom is -0.372 e. The van der Waals surface area contributed by atoms with Gasteiger partial charge in [-0.25, -0.2) is 0 Å². The Balaban J connectivity index is 2.22. The highest BCUT2D eigenvalue weighted by atomic mass is 79.9. The lowest BCUT2D eigenvalue weighted by Gasteiger charge is -2.20. The Morgan fingerprint density at radius 3 is 2.50 bits per heavy atom. The molecule has 2 amide bonds. The second kappa shape index (κ2) is 5.92. The van der Waals surface area contributed by atoms with Gasteiger partial charge in [-0.2, -0.15) is 0 Å². The second-order valence-electron chi connectivity index (χ2n) is 4.82. The molecule has 1 N–H and O–H groups in total. The van der Waals surface area contributed by atoms with Crippen LogP contribution in [-0.2, 0) is 9.59 Å². The first kappa shape index (κ1) is 15.6. The molecule has 4 nitrogen and oxygen atoms in total. The van der Waals surface area contributed by atoms with E-state index in [0.717, 1.165) is 0 Å². The Labute approximate surface area is 135 Å². The van der Waals surface area contributed by atoms with Gasteiger partial charge in [0.1, 0.15) is 6.04 Å². The van der Waals surface area contributed by atoms with Gasteiger partial charge in [-0.3, -0.25) is 14.5 Å². The molecule has 1 aromatic carbocycles. The van der Waals surface area contributed by atoms with Gasteiger partial charge in [0.05, 0.1) is 22.2 Å². The zero-order valence-electron chi connectivity index (χ0n) is 10.9. The van der Waals surface area contributed by atoms with Crippen molar-refractivity contribution in [3.8, 4) is 0 Å². The Bertz CT molecular complexity index is 578. The predicted molar refractivity (Wildman–Crippen MR) is 83.2 cm³/mol. The molecule has 1 heterocycles. The van der Waals surface area contributed by atoms with Gasteiger partial charge in [0.25, 0.3) is 5.91 Å². The fourth-order valence-corrected chi connectivity index (χ4v) is 2.96. The van der Waals surface area contributed by atoms with Crippen LogP contribution in [0.4, 0.5) is 5.69 Å². The maximum absolute atomic E-state index is 12.2. The van der Waals surface area contributed by atoms with E-state index in [1.54, 1.807) is 12.1 Å². The number of hydrogen-bond donors (Lipinski definition) is 1. The largest absolute Gasteiger partial charge is 0.372 e. The van der Waals surface area contributed by atoms with Crippen LogP contribution in [0.5, 0.6) is 0 Å². The Morgan fingerprint density at radius 1 is 1.30 bits per heavy atom. The van der Waals surface area contributed by atoms with Crippen LogP contribution in [0.25, 0.3) is 0 Å². The number of nitrogens with one attached hydrogen (secondary N) is 1. The summed E-state index contributed by atoms with van der Waals surface area (Å²) < 4.78 is 0.673. The Hall–Kier alpha value is -0.780. The summed E-state index contributed by atoms with van der Waals surface area (Å²) in [4.78, 5) is 25.3. The lowest BCUT2D eigenvalue weighted by Crippen LogP contribution is -2.39. The minimum atomic E-state index is -0.598. The van der Waals surface area contributed by atoms with Crippen molar-refractivity contribution < 1.29 is 9.59 Å². The number of rotatable bonds is 3. The van der Waals surface area contributed by atoms with Crippen LogP contribution in [0.2, 0.25) is 10.0 Å². The average Bonchev–Trinajstić information content (AvgIpc) is 2.65. The van der Waals surface area contributed by atoms with Gasteiger partial charge >= 0.3 is 0 Å². The molecule has 2 rings (SSSR count). The predicted octanol–water partition coefficient (Wildman–Crippen LogP) is 3.70. The molecule has 0 saturated carbocycles. The van der Waals surface area contributed by atoms with Crippen molar-refractivity contribution in [2.75, 3.05) is 5.32 Å². The Morgan fingerprint density at radius 2 is 1.95 bits per heavy atom. The molecular formula is C13H13BrCl2N2O2. The number of benzene rings is 1. The smallest absolute Gasteiger partial charge is 0.252 e. The molecule has 20 heavy (non-hydrogen) atoms. The van der Waals surface area contributed by atoms with Gasteiger partial charge in [-0.15, -0.1) is 0 Å². The van der Waals surface area contributed by atoms with Gasteiger partial charge in [-0.1, -0.05) is 23.2 Å². The molecule has 1 atom stereocenters. The molecule has 0 radical (unpaired) electrons. The summed E-state index contributed by atoms with van der Waals surface area (Å²) in [6, 6.07) is 2.71.